The second-order valence-corrected chi connectivity index (χ2v) is 9.90. The molecule has 1 saturated carbocycles. The third-order valence-electron chi connectivity index (χ3n) is 4.07. The lowest BCUT2D eigenvalue weighted by molar-refractivity contribution is -0.119. The van der Waals surface area contributed by atoms with Crippen LogP contribution in [0, 0.1) is 23.7 Å². The molecule has 0 aromatic rings. The molecule has 2 heteroatoms. The van der Waals surface area contributed by atoms with Gasteiger partial charge in [0.1, 0.15) is 0 Å². The summed E-state index contributed by atoms with van der Waals surface area (Å²) in [5.41, 5.74) is 0. The summed E-state index contributed by atoms with van der Waals surface area (Å²) in [5.74, 6) is 2.57. The van der Waals surface area contributed by atoms with Crippen molar-refractivity contribution in [1.29, 1.82) is 0 Å². The summed E-state index contributed by atoms with van der Waals surface area (Å²) in [7, 11) is -0.829. The first kappa shape index (κ1) is 9.71. The van der Waals surface area contributed by atoms with E-state index < -0.39 is 10.0 Å². The van der Waals surface area contributed by atoms with Crippen LogP contribution in [0.3, 0.4) is 0 Å². The molecule has 0 amide bonds. The van der Waals surface area contributed by atoms with E-state index in [-0.39, 0.29) is 0 Å². The van der Waals surface area contributed by atoms with Crippen molar-refractivity contribution in [2.24, 2.45) is 23.7 Å². The largest absolute Gasteiger partial charge is 0.293 e. The maximum absolute atomic E-state index is 12.3. The highest BCUT2D eigenvalue weighted by Gasteiger charge is 2.52. The molecule has 0 aromatic carbocycles. The molecule has 0 saturated heterocycles. The zero-order chi connectivity index (χ0) is 10.8. The molecule has 1 nitrogen and oxygen atoms in total. The first-order valence-corrected chi connectivity index (χ1v) is 8.47. The predicted molar refractivity (Wildman–Crippen MR) is 66.2 cm³/mol. The van der Waals surface area contributed by atoms with Crippen molar-refractivity contribution in [3.8, 4) is 0 Å². The Morgan fingerprint density at radius 2 is 1.87 bits per heavy atom. The highest BCUT2D eigenvalue weighted by Crippen LogP contribution is 2.59. The van der Waals surface area contributed by atoms with E-state index in [1.165, 1.54) is 6.42 Å². The highest BCUT2D eigenvalue weighted by atomic mass is 32.3. The van der Waals surface area contributed by atoms with Crippen molar-refractivity contribution in [3.05, 3.63) is 23.1 Å². The van der Waals surface area contributed by atoms with Crippen LogP contribution in [0.5, 0.6) is 0 Å². The van der Waals surface area contributed by atoms with Gasteiger partial charge in [-0.25, -0.2) is 10.0 Å². The smallest absolute Gasteiger partial charge is 0.171 e. The molecule has 0 spiro atoms. The summed E-state index contributed by atoms with van der Waals surface area (Å²) in [6.07, 6.45) is 14.8. The standard InChI is InChI=1S/C13H18OS/c1-15(2,3)11-7-10-8-4-5-9(6-8)12(10)13(11)14/h4-5,7-10,12H,6H2,1-3H3/t8?,9?,10-,12+/m1/s1. The van der Waals surface area contributed by atoms with Crippen molar-refractivity contribution < 1.29 is 4.79 Å². The molecule has 1 fully saturated rings. The van der Waals surface area contributed by atoms with Gasteiger partial charge in [0, 0.05) is 10.8 Å². The summed E-state index contributed by atoms with van der Waals surface area (Å²) in [6.45, 7) is 0. The third kappa shape index (κ3) is 1.20. The molecular weight excluding hydrogens is 204 g/mol. The molecule has 0 heterocycles. The SMILES string of the molecule is CS(C)(C)C1=C[C@@H]2C3C=CC(C3)[C@@H]2C1=O. The Bertz CT molecular complexity index is 386. The zero-order valence-corrected chi connectivity index (χ0v) is 10.4. The lowest BCUT2D eigenvalue weighted by Gasteiger charge is -2.27. The maximum atomic E-state index is 12.3. The number of allylic oxidation sites excluding steroid dienone is 4. The normalized spacial score (nSPS) is 43.4. The first-order valence-electron chi connectivity index (χ1n) is 5.61. The van der Waals surface area contributed by atoms with Crippen molar-refractivity contribution in [3.63, 3.8) is 0 Å². The number of rotatable bonds is 1. The fourth-order valence-corrected chi connectivity index (χ4v) is 4.69. The number of carbonyl (C=O) groups excluding carboxylic acids is 1. The topological polar surface area (TPSA) is 17.1 Å². The van der Waals surface area contributed by atoms with Crippen LogP contribution in [0.25, 0.3) is 0 Å². The maximum Gasteiger partial charge on any atom is 0.171 e. The van der Waals surface area contributed by atoms with Gasteiger partial charge in [0.15, 0.2) is 5.78 Å². The van der Waals surface area contributed by atoms with Gasteiger partial charge in [0.05, 0.1) is 0 Å². The van der Waals surface area contributed by atoms with Gasteiger partial charge in [-0.2, -0.15) is 0 Å². The molecule has 0 aromatic heterocycles. The van der Waals surface area contributed by atoms with Gasteiger partial charge in [-0.05, 0) is 42.9 Å². The zero-order valence-electron chi connectivity index (χ0n) is 9.57. The molecule has 82 valence electrons. The Labute approximate surface area is 92.9 Å². The summed E-state index contributed by atoms with van der Waals surface area (Å²) in [5, 5.41) is 0. The monoisotopic (exact) mass is 222 g/mol. The average Bonchev–Trinajstić information content (AvgIpc) is 2.73. The minimum Gasteiger partial charge on any atom is -0.293 e. The van der Waals surface area contributed by atoms with E-state index in [2.05, 4.69) is 37.0 Å². The van der Waals surface area contributed by atoms with Crippen LogP contribution in [0.2, 0.25) is 0 Å². The average molecular weight is 222 g/mol. The van der Waals surface area contributed by atoms with E-state index in [1.807, 2.05) is 0 Å². The number of ketones is 1. The molecular formula is C13H18OS. The minimum atomic E-state index is -0.829. The quantitative estimate of drug-likeness (QED) is 0.623. The fraction of sp³-hybridized carbons (Fsp3) is 0.615. The summed E-state index contributed by atoms with van der Waals surface area (Å²) < 4.78 is 0. The van der Waals surface area contributed by atoms with Gasteiger partial charge in [-0.3, -0.25) is 4.79 Å². The van der Waals surface area contributed by atoms with Crippen molar-refractivity contribution in [2.75, 3.05) is 18.8 Å². The summed E-state index contributed by atoms with van der Waals surface area (Å²) in [6, 6.07) is 0. The summed E-state index contributed by atoms with van der Waals surface area (Å²) in [4.78, 5) is 13.5. The molecule has 3 rings (SSSR count). The number of hydrogen-bond donors (Lipinski definition) is 0. The second kappa shape index (κ2) is 2.79. The van der Waals surface area contributed by atoms with Gasteiger partial charge >= 0.3 is 0 Å². The van der Waals surface area contributed by atoms with Crippen molar-refractivity contribution in [2.45, 2.75) is 6.42 Å². The van der Waals surface area contributed by atoms with E-state index in [9.17, 15) is 4.79 Å². The second-order valence-electron chi connectivity index (χ2n) is 5.78. The van der Waals surface area contributed by atoms with Gasteiger partial charge < -0.3 is 0 Å². The van der Waals surface area contributed by atoms with Crippen LogP contribution in [-0.2, 0) is 4.79 Å². The van der Waals surface area contributed by atoms with Crippen LogP contribution in [0.4, 0.5) is 0 Å². The molecule has 3 aliphatic rings. The minimum absolute atomic E-state index is 0.321. The molecule has 2 bridgehead atoms. The van der Waals surface area contributed by atoms with E-state index >= 15 is 0 Å². The van der Waals surface area contributed by atoms with Crippen molar-refractivity contribution in [1.82, 2.24) is 0 Å². The Kier molecular flexibility index (Phi) is 1.80. The van der Waals surface area contributed by atoms with E-state index in [0.717, 1.165) is 4.91 Å². The molecule has 3 aliphatic carbocycles. The lowest BCUT2D eigenvalue weighted by atomic mass is 9.85. The molecule has 0 aliphatic heterocycles. The van der Waals surface area contributed by atoms with Gasteiger partial charge in [0.25, 0.3) is 0 Å². The lowest BCUT2D eigenvalue weighted by Crippen LogP contribution is -2.22. The van der Waals surface area contributed by atoms with Crippen LogP contribution < -0.4 is 0 Å². The molecule has 15 heavy (non-hydrogen) atoms. The van der Waals surface area contributed by atoms with Crippen LogP contribution in [0.1, 0.15) is 6.42 Å². The highest BCUT2D eigenvalue weighted by molar-refractivity contribution is 8.35. The Morgan fingerprint density at radius 1 is 1.20 bits per heavy atom. The first-order chi connectivity index (χ1) is 6.98. The number of carbonyl (C=O) groups is 1. The van der Waals surface area contributed by atoms with E-state index in [4.69, 9.17) is 0 Å². The van der Waals surface area contributed by atoms with E-state index in [1.54, 1.807) is 0 Å². The summed E-state index contributed by atoms with van der Waals surface area (Å²) >= 11 is 0. The molecule has 4 atom stereocenters. The van der Waals surface area contributed by atoms with Crippen LogP contribution in [0.15, 0.2) is 23.1 Å². The van der Waals surface area contributed by atoms with E-state index in [0.29, 0.717) is 29.5 Å². The van der Waals surface area contributed by atoms with Crippen molar-refractivity contribution >= 4 is 15.8 Å². The molecule has 0 radical (unpaired) electrons. The molecule has 2 unspecified atom stereocenters. The van der Waals surface area contributed by atoms with Gasteiger partial charge in [-0.1, -0.05) is 18.2 Å². The molecule has 0 N–H and O–H groups in total. The number of fused-ring (bicyclic) bond motifs is 5. The number of Topliss-reactive ketones (excluding diaryl/α,β-unsaturated/α-hetero) is 1. The Hall–Kier alpha value is -0.500. The fourth-order valence-electron chi connectivity index (χ4n) is 3.38. The predicted octanol–water partition coefficient (Wildman–Crippen LogP) is 2.59. The van der Waals surface area contributed by atoms with Gasteiger partial charge in [-0.15, -0.1) is 0 Å². The van der Waals surface area contributed by atoms with Gasteiger partial charge in [0.2, 0.25) is 0 Å². The van der Waals surface area contributed by atoms with Crippen LogP contribution >= 0.6 is 10.0 Å². The Morgan fingerprint density at radius 3 is 2.47 bits per heavy atom. The third-order valence-corrected chi connectivity index (χ3v) is 5.73. The Balaban J connectivity index is 1.99. The van der Waals surface area contributed by atoms with Crippen LogP contribution in [-0.4, -0.2) is 24.6 Å². The number of hydrogen-bond acceptors (Lipinski definition) is 1.